The van der Waals surface area contributed by atoms with E-state index in [0.717, 1.165) is 0 Å². The molecule has 0 saturated carbocycles. The predicted octanol–water partition coefficient (Wildman–Crippen LogP) is -4.89. The molecule has 0 radical (unpaired) electrons. The molecule has 0 aliphatic heterocycles. The van der Waals surface area contributed by atoms with Crippen LogP contribution < -0.4 is 34.2 Å². The second-order valence-electron chi connectivity index (χ2n) is 7.73. The molecule has 1 rings (SSSR count). The van der Waals surface area contributed by atoms with E-state index < -0.39 is 48.1 Å². The number of carbonyl (C=O) groups is 4. The number of esters is 1. The minimum Gasteiger partial charge on any atom is -1.00 e. The van der Waals surface area contributed by atoms with Gasteiger partial charge in [0.05, 0.1) is 0 Å². The third-order valence-corrected chi connectivity index (χ3v) is 4.95. The summed E-state index contributed by atoms with van der Waals surface area (Å²) in [6.45, 7) is 1.23. The second kappa shape index (κ2) is 14.3. The van der Waals surface area contributed by atoms with Crippen molar-refractivity contribution in [1.82, 2.24) is 0 Å². The maximum Gasteiger partial charge on any atom is 0.320 e. The number of carbonyl (C=O) groups excluding carboxylic acids is 1. The quantitative estimate of drug-likeness (QED) is 0.0927. The van der Waals surface area contributed by atoms with E-state index in [4.69, 9.17) is 37.3 Å². The fourth-order valence-electron chi connectivity index (χ4n) is 3.16. The number of hydrogen-bond acceptors (Lipinski definition) is 9. The molecule has 13 nitrogen and oxygen atoms in total. The molecule has 1 heterocycles. The Bertz CT molecular complexity index is 884. The highest BCUT2D eigenvalue weighted by molar-refractivity contribution is 5.74. The van der Waals surface area contributed by atoms with Crippen molar-refractivity contribution >= 4 is 23.9 Å². The van der Waals surface area contributed by atoms with Gasteiger partial charge in [0.1, 0.15) is 18.1 Å². The van der Waals surface area contributed by atoms with Crippen LogP contribution in [-0.2, 0) is 43.3 Å². The summed E-state index contributed by atoms with van der Waals surface area (Å²) < 4.78 is 6.71. The van der Waals surface area contributed by atoms with Crippen molar-refractivity contribution < 1.29 is 61.3 Å². The summed E-state index contributed by atoms with van der Waals surface area (Å²) in [6, 6.07) is -3.62. The molecule has 4 atom stereocenters. The lowest BCUT2D eigenvalue weighted by Crippen LogP contribution is -3.00. The summed E-state index contributed by atoms with van der Waals surface area (Å²) in [6.07, 6.45) is 2.14. The number of nitrogens with two attached hydrogens (primary N) is 3. The lowest BCUT2D eigenvalue weighted by atomic mass is 9.96. The van der Waals surface area contributed by atoms with Crippen molar-refractivity contribution in [3.8, 4) is 5.75 Å². The first kappa shape index (κ1) is 31.0. The molecule has 192 valence electrons. The molecule has 0 aromatic carbocycles. The first-order valence-electron chi connectivity index (χ1n) is 10.2. The number of carboxylic acid groups (broad SMARTS) is 3. The van der Waals surface area contributed by atoms with Gasteiger partial charge in [-0.1, -0.05) is 0 Å². The van der Waals surface area contributed by atoms with E-state index in [-0.39, 0.29) is 62.4 Å². The number of nitrogens with zero attached hydrogens (tertiary/aromatic N) is 1. The highest BCUT2D eigenvalue weighted by Gasteiger charge is 2.26. The van der Waals surface area contributed by atoms with Gasteiger partial charge in [0.25, 0.3) is 0 Å². The number of pyridine rings is 1. The first-order valence-corrected chi connectivity index (χ1v) is 10.2. The topological polar surface area (TPSA) is 240 Å². The van der Waals surface area contributed by atoms with Gasteiger partial charge in [0.15, 0.2) is 24.6 Å². The summed E-state index contributed by atoms with van der Waals surface area (Å²) in [7, 11) is 0. The monoisotopic (exact) mass is 506 g/mol. The lowest BCUT2D eigenvalue weighted by Gasteiger charge is -2.17. The third-order valence-electron chi connectivity index (χ3n) is 4.95. The number of carboxylic acids is 3. The van der Waals surface area contributed by atoms with Crippen LogP contribution in [0, 0.1) is 0 Å². The second-order valence-corrected chi connectivity index (χ2v) is 7.73. The molecule has 0 amide bonds. The maximum absolute atomic E-state index is 11.5. The number of hydrogen-bond donors (Lipinski definition) is 7. The van der Waals surface area contributed by atoms with Crippen LogP contribution in [0.15, 0.2) is 12.4 Å². The van der Waals surface area contributed by atoms with E-state index in [0.29, 0.717) is 5.56 Å². The fraction of sp³-hybridized carbons (Fsp3) is 0.550. The van der Waals surface area contributed by atoms with Crippen molar-refractivity contribution in [2.45, 2.75) is 69.8 Å². The number of ether oxygens (including phenoxy) is 1. The number of aromatic hydroxyl groups is 1. The molecule has 0 bridgehead atoms. The van der Waals surface area contributed by atoms with Gasteiger partial charge in [-0.05, 0) is 25.7 Å². The molecule has 0 spiro atoms. The summed E-state index contributed by atoms with van der Waals surface area (Å²) in [4.78, 5) is 44.6. The number of rotatable bonds is 14. The van der Waals surface area contributed by atoms with Crippen LogP contribution in [0.2, 0.25) is 0 Å². The van der Waals surface area contributed by atoms with Crippen molar-refractivity contribution in [1.29, 1.82) is 0 Å². The van der Waals surface area contributed by atoms with Crippen LogP contribution in [0.3, 0.4) is 0 Å². The smallest absolute Gasteiger partial charge is 0.320 e. The third kappa shape index (κ3) is 10.3. The average molecular weight is 507 g/mol. The van der Waals surface area contributed by atoms with Gasteiger partial charge in [-0.25, -0.2) is 0 Å². The van der Waals surface area contributed by atoms with Gasteiger partial charge >= 0.3 is 23.9 Å². The van der Waals surface area contributed by atoms with E-state index in [1.165, 1.54) is 17.7 Å². The standard InChI is InChI=1S/C20H30N4O9.ClH/c1-10(25)33-12(3-5-15(22)19(29)30)8-24-7-11(2-4-14(21)18(27)28)13(17(26)9-24)6-16(23)20(31)32;/h7,9,12,14-16H,2-6,8,21-23H2,1H3,(H3-,26,27,28,29,30,31,32);1H/t12-,14+,15+,16+;/m1./s1. The normalized spacial score (nSPS) is 14.2. The predicted molar refractivity (Wildman–Crippen MR) is 112 cm³/mol. The Kier molecular flexibility index (Phi) is 13.0. The molecule has 0 aliphatic rings. The zero-order chi connectivity index (χ0) is 25.3. The van der Waals surface area contributed by atoms with Crippen LogP contribution in [0.1, 0.15) is 37.3 Å². The maximum atomic E-state index is 11.5. The van der Waals surface area contributed by atoms with Crippen molar-refractivity contribution in [2.75, 3.05) is 0 Å². The Morgan fingerprint density at radius 2 is 1.44 bits per heavy atom. The van der Waals surface area contributed by atoms with Gasteiger partial charge in [-0.3, -0.25) is 19.2 Å². The Hall–Kier alpha value is -3.00. The van der Waals surface area contributed by atoms with E-state index in [9.17, 15) is 24.3 Å². The molecule has 0 unspecified atom stereocenters. The minimum atomic E-state index is -1.30. The van der Waals surface area contributed by atoms with E-state index >= 15 is 0 Å². The molecule has 0 fully saturated rings. The SMILES string of the molecule is CC(=O)O[C@H](CC[C@H](N)C(=O)O)C[n+]1cc(O)c(C[C@H](N)C(=O)O)c(CC[C@H](N)C(=O)O)c1.[Cl-]. The highest BCUT2D eigenvalue weighted by atomic mass is 35.5. The number of aryl methyl sites for hydroxylation is 1. The lowest BCUT2D eigenvalue weighted by molar-refractivity contribution is -0.704. The molecule has 0 saturated heterocycles. The van der Waals surface area contributed by atoms with Crippen LogP contribution >= 0.6 is 0 Å². The van der Waals surface area contributed by atoms with Crippen LogP contribution in [-0.4, -0.2) is 68.5 Å². The summed E-state index contributed by atoms with van der Waals surface area (Å²) >= 11 is 0. The van der Waals surface area contributed by atoms with Crippen molar-refractivity contribution in [3.63, 3.8) is 0 Å². The summed E-state index contributed by atoms with van der Waals surface area (Å²) in [5.74, 6) is -4.55. The zero-order valence-corrected chi connectivity index (χ0v) is 19.3. The van der Waals surface area contributed by atoms with Gasteiger partial charge in [-0.2, -0.15) is 4.57 Å². The van der Waals surface area contributed by atoms with Crippen LogP contribution in [0.4, 0.5) is 0 Å². The molecular weight excluding hydrogens is 476 g/mol. The summed E-state index contributed by atoms with van der Waals surface area (Å²) in [5, 5.41) is 37.6. The molecular formula is C20H31ClN4O9. The highest BCUT2D eigenvalue weighted by Crippen LogP contribution is 2.22. The van der Waals surface area contributed by atoms with Gasteiger partial charge in [-0.15, -0.1) is 0 Å². The molecule has 1 aromatic rings. The van der Waals surface area contributed by atoms with E-state index in [1.807, 2.05) is 0 Å². The Morgan fingerprint density at radius 1 is 0.912 bits per heavy atom. The molecule has 0 aliphatic carbocycles. The number of aromatic nitrogens is 1. The average Bonchev–Trinajstić information content (AvgIpc) is 2.71. The largest absolute Gasteiger partial charge is 1.00 e. The van der Waals surface area contributed by atoms with Crippen LogP contribution in [0.25, 0.3) is 0 Å². The van der Waals surface area contributed by atoms with Gasteiger partial charge in [0.2, 0.25) is 6.20 Å². The molecule has 14 heteroatoms. The molecule has 1 aromatic heterocycles. The van der Waals surface area contributed by atoms with Crippen LogP contribution in [0.5, 0.6) is 5.75 Å². The number of halogens is 1. The van der Waals surface area contributed by atoms with Gasteiger partial charge in [0, 0.05) is 24.5 Å². The number of aliphatic carboxylic acids is 3. The minimum absolute atomic E-state index is 0. The van der Waals surface area contributed by atoms with E-state index in [2.05, 4.69) is 0 Å². The Balaban J connectivity index is 0.0000109. The van der Waals surface area contributed by atoms with E-state index in [1.54, 1.807) is 6.20 Å². The molecule has 34 heavy (non-hydrogen) atoms. The zero-order valence-electron chi connectivity index (χ0n) is 18.6. The Labute approximate surface area is 201 Å². The van der Waals surface area contributed by atoms with Gasteiger partial charge < -0.3 is 54.8 Å². The first-order chi connectivity index (χ1) is 15.3. The van der Waals surface area contributed by atoms with Crippen molar-refractivity contribution in [3.05, 3.63) is 23.5 Å². The summed E-state index contributed by atoms with van der Waals surface area (Å²) in [5.41, 5.74) is 17.3. The fourth-order valence-corrected chi connectivity index (χ4v) is 3.16. The van der Waals surface area contributed by atoms with Crippen molar-refractivity contribution in [2.24, 2.45) is 17.2 Å². The molecule has 10 N–H and O–H groups in total. The Morgan fingerprint density at radius 3 is 1.94 bits per heavy atom.